The molecule has 2 rings (SSSR count). The van der Waals surface area contributed by atoms with E-state index in [4.69, 9.17) is 0 Å². The first-order valence-corrected chi connectivity index (χ1v) is 11.3. The summed E-state index contributed by atoms with van der Waals surface area (Å²) in [5, 5.41) is 4.40. The maximum atomic E-state index is 12.5. The van der Waals surface area contributed by atoms with Crippen LogP contribution in [-0.4, -0.2) is 66.1 Å². The van der Waals surface area contributed by atoms with Crippen LogP contribution in [-0.2, 0) is 0 Å². The molecule has 31 heavy (non-hydrogen) atoms. The van der Waals surface area contributed by atoms with Crippen molar-refractivity contribution < 1.29 is 13.1 Å². The fourth-order valence-electron chi connectivity index (χ4n) is 2.98. The van der Waals surface area contributed by atoms with Crippen LogP contribution in [0.1, 0.15) is 75.6 Å². The standard InChI is InChI=1S/C19H29N3O.C3H9N.C3H8.H2O.2H2/c1-6-11-22(13(2)3)19(23)21-15(5)14(4)17-12-20-18-10-8-7-9-16(17)18;1-4(2)3;1-3-2;;;/h7-10,12-15,20H,6,11H2,1-5H3,(H,21,23);1-3H3;3H2,1-2H3;1H2;2*1H/t14-,15-;;;;;/m0...../s1. The molecule has 1 heterocycles. The van der Waals surface area contributed by atoms with Gasteiger partial charge in [-0.2, -0.15) is 0 Å². The Balaban J connectivity index is -0.000000373. The van der Waals surface area contributed by atoms with E-state index in [1.807, 2.05) is 37.0 Å². The number of hydrogen-bond donors (Lipinski definition) is 2. The van der Waals surface area contributed by atoms with Crippen LogP contribution in [0, 0.1) is 0 Å². The van der Waals surface area contributed by atoms with E-state index in [0.29, 0.717) is 0 Å². The summed E-state index contributed by atoms with van der Waals surface area (Å²) >= 11 is 0. The van der Waals surface area contributed by atoms with Gasteiger partial charge < -0.3 is 25.6 Å². The van der Waals surface area contributed by atoms with Gasteiger partial charge in [0.1, 0.15) is 0 Å². The molecule has 0 saturated heterocycles. The lowest BCUT2D eigenvalue weighted by atomic mass is 9.94. The molecule has 6 nitrogen and oxygen atoms in total. The highest BCUT2D eigenvalue weighted by Gasteiger charge is 2.23. The smallest absolute Gasteiger partial charge is 0.317 e. The van der Waals surface area contributed by atoms with Crippen molar-refractivity contribution in [1.29, 1.82) is 0 Å². The third-order valence-corrected chi connectivity index (χ3v) is 4.56. The van der Waals surface area contributed by atoms with Crippen molar-refractivity contribution in [3.63, 3.8) is 0 Å². The Bertz CT molecular complexity index is 720. The highest BCUT2D eigenvalue weighted by Crippen LogP contribution is 2.27. The fourth-order valence-corrected chi connectivity index (χ4v) is 2.98. The van der Waals surface area contributed by atoms with Crippen LogP contribution in [0.3, 0.4) is 0 Å². The Labute approximate surface area is 193 Å². The minimum absolute atomic E-state index is 0. The molecule has 0 aliphatic heterocycles. The molecule has 2 amide bonds. The monoisotopic (exact) mass is 440 g/mol. The summed E-state index contributed by atoms with van der Waals surface area (Å²) in [6, 6.07) is 8.60. The molecule has 0 unspecified atom stereocenters. The number of rotatable bonds is 6. The van der Waals surface area contributed by atoms with Gasteiger partial charge in [0.05, 0.1) is 0 Å². The zero-order valence-electron chi connectivity index (χ0n) is 21.5. The summed E-state index contributed by atoms with van der Waals surface area (Å²) in [6.07, 6.45) is 4.28. The molecule has 0 aliphatic rings. The number of fused-ring (bicyclic) bond motifs is 1. The van der Waals surface area contributed by atoms with E-state index >= 15 is 0 Å². The number of para-hydroxylation sites is 1. The van der Waals surface area contributed by atoms with Gasteiger partial charge in [0, 0.05) is 44.5 Å². The van der Waals surface area contributed by atoms with Crippen molar-refractivity contribution in [2.75, 3.05) is 27.7 Å². The number of nitrogens with one attached hydrogen (secondary N) is 2. The van der Waals surface area contributed by atoms with E-state index in [1.54, 1.807) is 0 Å². The number of benzene rings is 1. The maximum Gasteiger partial charge on any atom is 0.317 e. The Morgan fingerprint density at radius 2 is 1.58 bits per heavy atom. The van der Waals surface area contributed by atoms with Gasteiger partial charge in [0.15, 0.2) is 0 Å². The number of hydrogen-bond acceptors (Lipinski definition) is 2. The highest BCUT2D eigenvalue weighted by atomic mass is 16.2. The van der Waals surface area contributed by atoms with Gasteiger partial charge >= 0.3 is 6.03 Å². The van der Waals surface area contributed by atoms with E-state index < -0.39 is 0 Å². The van der Waals surface area contributed by atoms with Crippen LogP contribution in [0.5, 0.6) is 0 Å². The minimum Gasteiger partial charge on any atom is -0.412 e. The second-order valence-electron chi connectivity index (χ2n) is 8.65. The van der Waals surface area contributed by atoms with Crippen LogP contribution in [0.15, 0.2) is 30.5 Å². The maximum absolute atomic E-state index is 12.5. The van der Waals surface area contributed by atoms with Crippen molar-refractivity contribution in [2.45, 2.75) is 79.3 Å². The third kappa shape index (κ3) is 11.2. The van der Waals surface area contributed by atoms with E-state index in [9.17, 15) is 4.79 Å². The molecule has 0 saturated carbocycles. The first-order chi connectivity index (χ1) is 14.1. The highest BCUT2D eigenvalue weighted by molar-refractivity contribution is 5.84. The minimum atomic E-state index is 0. The fraction of sp³-hybridized carbons (Fsp3) is 0.640. The topological polar surface area (TPSA) is 82.9 Å². The van der Waals surface area contributed by atoms with Crippen LogP contribution in [0.4, 0.5) is 4.79 Å². The number of carbonyl (C=O) groups is 1. The van der Waals surface area contributed by atoms with Gasteiger partial charge in [-0.15, -0.1) is 0 Å². The van der Waals surface area contributed by atoms with Crippen molar-refractivity contribution in [1.82, 2.24) is 20.1 Å². The average Bonchev–Trinajstić information content (AvgIpc) is 3.09. The normalized spacial score (nSPS) is 12.1. The van der Waals surface area contributed by atoms with Gasteiger partial charge in [-0.3, -0.25) is 0 Å². The number of H-pyrrole nitrogens is 1. The van der Waals surface area contributed by atoms with E-state index in [2.05, 4.69) is 83.2 Å². The van der Waals surface area contributed by atoms with Crippen LogP contribution in [0.25, 0.3) is 10.9 Å². The second-order valence-corrected chi connectivity index (χ2v) is 8.65. The Hall–Kier alpha value is -2.05. The average molecular weight is 441 g/mol. The molecule has 4 N–H and O–H groups in total. The van der Waals surface area contributed by atoms with E-state index in [0.717, 1.165) is 18.5 Å². The second kappa shape index (κ2) is 16.6. The van der Waals surface area contributed by atoms with Gasteiger partial charge in [0.25, 0.3) is 0 Å². The van der Waals surface area contributed by atoms with Gasteiger partial charge in [-0.1, -0.05) is 52.3 Å². The Morgan fingerprint density at radius 3 is 2.06 bits per heavy atom. The quantitative estimate of drug-likeness (QED) is 0.599. The number of aromatic amines is 1. The molecular weight excluding hydrogens is 388 g/mol. The van der Waals surface area contributed by atoms with Crippen LogP contribution in [0.2, 0.25) is 0 Å². The predicted octanol–water partition coefficient (Wildman–Crippen LogP) is 5.75. The summed E-state index contributed by atoms with van der Waals surface area (Å²) in [5.74, 6) is 0.241. The number of amides is 2. The lowest BCUT2D eigenvalue weighted by molar-refractivity contribution is 0.178. The zero-order valence-corrected chi connectivity index (χ0v) is 21.5. The summed E-state index contributed by atoms with van der Waals surface area (Å²) in [4.78, 5) is 19.7. The SMILES string of the molecule is CCC.CCCN(C(=O)N[C@@H](C)[C@H](C)c1c[nH]c2ccccc12)C(C)C.CN(C)C.O.[HH].[HH]. The summed E-state index contributed by atoms with van der Waals surface area (Å²) in [5.41, 5.74) is 2.39. The molecular formula is C25H52N4O2. The van der Waals surface area contributed by atoms with Crippen molar-refractivity contribution in [3.05, 3.63) is 36.0 Å². The molecule has 0 spiro atoms. The van der Waals surface area contributed by atoms with Crippen LogP contribution < -0.4 is 5.32 Å². The number of carbonyl (C=O) groups excluding carboxylic acids is 1. The molecule has 2 atom stereocenters. The summed E-state index contributed by atoms with van der Waals surface area (Å²) in [6.45, 7) is 15.5. The third-order valence-electron chi connectivity index (χ3n) is 4.56. The Kier molecular flexibility index (Phi) is 16.7. The van der Waals surface area contributed by atoms with Gasteiger partial charge in [-0.25, -0.2) is 4.79 Å². The first-order valence-electron chi connectivity index (χ1n) is 11.3. The molecule has 2 aromatic rings. The summed E-state index contributed by atoms with van der Waals surface area (Å²) < 4.78 is 0. The van der Waals surface area contributed by atoms with Crippen LogP contribution >= 0.6 is 0 Å². The molecule has 6 heteroatoms. The predicted molar refractivity (Wildman–Crippen MR) is 140 cm³/mol. The Morgan fingerprint density at radius 1 is 1.06 bits per heavy atom. The number of nitrogens with zero attached hydrogens (tertiary/aromatic N) is 2. The molecule has 184 valence electrons. The van der Waals surface area contributed by atoms with Gasteiger partial charge in [0.2, 0.25) is 0 Å². The molecule has 0 radical (unpaired) electrons. The molecule has 1 aromatic carbocycles. The first kappa shape index (κ1) is 31.1. The molecule has 1 aromatic heterocycles. The van der Waals surface area contributed by atoms with E-state index in [1.165, 1.54) is 17.4 Å². The van der Waals surface area contributed by atoms with Crippen molar-refractivity contribution >= 4 is 16.9 Å². The summed E-state index contributed by atoms with van der Waals surface area (Å²) in [7, 11) is 6.00. The number of aromatic nitrogens is 1. The largest absolute Gasteiger partial charge is 0.412 e. The molecule has 0 bridgehead atoms. The van der Waals surface area contributed by atoms with Crippen molar-refractivity contribution in [3.8, 4) is 0 Å². The van der Waals surface area contributed by atoms with E-state index in [-0.39, 0.29) is 32.4 Å². The molecule has 0 aliphatic carbocycles. The number of urea groups is 1. The lowest BCUT2D eigenvalue weighted by Gasteiger charge is -2.30. The molecule has 0 fully saturated rings. The van der Waals surface area contributed by atoms with Crippen molar-refractivity contribution in [2.24, 2.45) is 0 Å². The van der Waals surface area contributed by atoms with Gasteiger partial charge in [-0.05, 0) is 60.0 Å². The lowest BCUT2D eigenvalue weighted by Crippen LogP contribution is -2.48. The zero-order chi connectivity index (χ0) is 23.3.